The molecule has 3 aromatic rings. The van der Waals surface area contributed by atoms with Gasteiger partial charge in [0.05, 0.1) is 11.6 Å². The number of rotatable bonds is 3. The first-order valence-corrected chi connectivity index (χ1v) is 8.19. The van der Waals surface area contributed by atoms with Crippen LogP contribution in [0.5, 0.6) is 0 Å². The molecule has 1 aromatic carbocycles. The third-order valence-corrected chi connectivity index (χ3v) is 4.44. The summed E-state index contributed by atoms with van der Waals surface area (Å²) in [5, 5.41) is 15.3. The smallest absolute Gasteiger partial charge is 0.245 e. The van der Waals surface area contributed by atoms with Crippen LogP contribution in [0.1, 0.15) is 37.0 Å². The van der Waals surface area contributed by atoms with E-state index in [1.165, 1.54) is 0 Å². The Hall–Kier alpha value is -2.77. The molecule has 3 heterocycles. The van der Waals surface area contributed by atoms with Crippen molar-refractivity contribution in [1.82, 2.24) is 35.1 Å². The second-order valence-electron chi connectivity index (χ2n) is 6.11. The number of fused-ring (bicyclic) bond motifs is 1. The molecule has 1 fully saturated rings. The average Bonchev–Trinajstić information content (AvgIpc) is 3.22. The monoisotopic (exact) mass is 325 g/mol. The third-order valence-electron chi connectivity index (χ3n) is 4.44. The molecular weight excluding hydrogens is 306 g/mol. The maximum absolute atomic E-state index is 12.9. The number of amides is 1. The second kappa shape index (κ2) is 6.03. The van der Waals surface area contributed by atoms with E-state index < -0.39 is 0 Å². The number of hydrogen-bond donors (Lipinski definition) is 1. The number of para-hydroxylation sites is 1. The average molecular weight is 325 g/mol. The lowest BCUT2D eigenvalue weighted by molar-refractivity contribution is -0.136. The number of likely N-dealkylation sites (tertiary alicyclic amines) is 1. The fourth-order valence-corrected chi connectivity index (χ4v) is 3.26. The van der Waals surface area contributed by atoms with E-state index in [1.807, 2.05) is 36.1 Å². The van der Waals surface area contributed by atoms with E-state index in [0.29, 0.717) is 5.82 Å². The summed E-state index contributed by atoms with van der Waals surface area (Å²) in [4.78, 5) is 19.2. The first kappa shape index (κ1) is 14.8. The number of nitrogens with zero attached hydrogens (tertiary/aromatic N) is 6. The number of carbonyl (C=O) groups excluding carboxylic acids is 1. The van der Waals surface area contributed by atoms with Gasteiger partial charge in [-0.25, -0.2) is 9.67 Å². The zero-order valence-electron chi connectivity index (χ0n) is 13.5. The van der Waals surface area contributed by atoms with Gasteiger partial charge >= 0.3 is 0 Å². The lowest BCUT2D eigenvalue weighted by Gasteiger charge is -2.34. The molecule has 1 unspecified atom stereocenters. The highest BCUT2D eigenvalue weighted by molar-refractivity contribution is 5.80. The Labute approximate surface area is 138 Å². The van der Waals surface area contributed by atoms with Crippen LogP contribution in [0.4, 0.5) is 0 Å². The molecule has 124 valence electrons. The maximum atomic E-state index is 12.9. The van der Waals surface area contributed by atoms with Gasteiger partial charge in [-0.3, -0.25) is 9.89 Å². The van der Waals surface area contributed by atoms with Gasteiger partial charge in [0.25, 0.3) is 0 Å². The van der Waals surface area contributed by atoms with Crippen molar-refractivity contribution in [3.8, 4) is 0 Å². The zero-order valence-corrected chi connectivity index (χ0v) is 13.5. The van der Waals surface area contributed by atoms with Gasteiger partial charge in [0.2, 0.25) is 5.91 Å². The topological polar surface area (TPSA) is 92.6 Å². The van der Waals surface area contributed by atoms with E-state index in [1.54, 1.807) is 4.68 Å². The molecule has 1 N–H and O–H groups in total. The molecule has 1 aliphatic rings. The Balaban J connectivity index is 1.57. The van der Waals surface area contributed by atoms with E-state index in [9.17, 15) is 4.79 Å². The van der Waals surface area contributed by atoms with E-state index >= 15 is 0 Å². The van der Waals surface area contributed by atoms with Crippen LogP contribution in [0.2, 0.25) is 0 Å². The molecule has 0 saturated carbocycles. The highest BCUT2D eigenvalue weighted by Crippen LogP contribution is 2.29. The first-order valence-electron chi connectivity index (χ1n) is 8.19. The number of piperidine rings is 1. The van der Waals surface area contributed by atoms with Crippen molar-refractivity contribution in [3.05, 3.63) is 35.9 Å². The van der Waals surface area contributed by atoms with Gasteiger partial charge in [0, 0.05) is 6.54 Å². The SMILES string of the molecule is Cc1nc(C2CCCCN2C(=O)Cn2nnc3ccccc32)n[nH]1. The molecule has 1 atom stereocenters. The summed E-state index contributed by atoms with van der Waals surface area (Å²) in [5.74, 6) is 1.49. The van der Waals surface area contributed by atoms with Crippen molar-refractivity contribution in [2.24, 2.45) is 0 Å². The Morgan fingerprint density at radius 2 is 2.21 bits per heavy atom. The predicted octanol–water partition coefficient (Wildman–Crippen LogP) is 1.61. The molecule has 4 rings (SSSR count). The molecule has 1 saturated heterocycles. The van der Waals surface area contributed by atoms with Crippen molar-refractivity contribution in [1.29, 1.82) is 0 Å². The van der Waals surface area contributed by atoms with Crippen molar-refractivity contribution >= 4 is 16.9 Å². The molecule has 24 heavy (non-hydrogen) atoms. The standard InChI is InChI=1S/C16H19N7O/c1-11-17-16(20-18-11)14-8-4-5-9-22(14)15(24)10-23-13-7-3-2-6-12(13)19-21-23/h2-3,6-7,14H,4-5,8-10H2,1H3,(H,17,18,20). The van der Waals surface area contributed by atoms with Gasteiger partial charge in [0.15, 0.2) is 5.82 Å². The number of nitrogens with one attached hydrogen (secondary N) is 1. The highest BCUT2D eigenvalue weighted by Gasteiger charge is 2.31. The van der Waals surface area contributed by atoms with Crippen LogP contribution >= 0.6 is 0 Å². The fourth-order valence-electron chi connectivity index (χ4n) is 3.26. The van der Waals surface area contributed by atoms with Crippen molar-refractivity contribution < 1.29 is 4.79 Å². The number of benzene rings is 1. The summed E-state index contributed by atoms with van der Waals surface area (Å²) in [6.07, 6.45) is 2.97. The van der Waals surface area contributed by atoms with Crippen LogP contribution in [0.15, 0.2) is 24.3 Å². The zero-order chi connectivity index (χ0) is 16.5. The molecule has 0 spiro atoms. The summed E-state index contributed by atoms with van der Waals surface area (Å²) < 4.78 is 1.66. The van der Waals surface area contributed by atoms with Gasteiger partial charge in [-0.2, -0.15) is 5.10 Å². The number of hydrogen-bond acceptors (Lipinski definition) is 5. The fraction of sp³-hybridized carbons (Fsp3) is 0.438. The minimum atomic E-state index is -0.0639. The lowest BCUT2D eigenvalue weighted by Crippen LogP contribution is -2.41. The Kier molecular flexibility index (Phi) is 3.72. The summed E-state index contributed by atoms with van der Waals surface area (Å²) in [7, 11) is 0. The van der Waals surface area contributed by atoms with Crippen LogP contribution in [0, 0.1) is 6.92 Å². The van der Waals surface area contributed by atoms with Crippen molar-refractivity contribution in [3.63, 3.8) is 0 Å². The van der Waals surface area contributed by atoms with Gasteiger partial charge in [0.1, 0.15) is 17.9 Å². The second-order valence-corrected chi connectivity index (χ2v) is 6.11. The number of aryl methyl sites for hydroxylation is 1. The lowest BCUT2D eigenvalue weighted by atomic mass is 10.0. The van der Waals surface area contributed by atoms with Crippen LogP contribution in [-0.4, -0.2) is 47.5 Å². The van der Waals surface area contributed by atoms with Gasteiger partial charge in [-0.05, 0) is 38.3 Å². The number of aromatic nitrogens is 6. The molecule has 0 radical (unpaired) electrons. The summed E-state index contributed by atoms with van der Waals surface area (Å²) in [5.41, 5.74) is 1.67. The Morgan fingerprint density at radius 1 is 1.33 bits per heavy atom. The molecule has 2 aromatic heterocycles. The molecule has 0 bridgehead atoms. The molecule has 0 aliphatic carbocycles. The van der Waals surface area contributed by atoms with E-state index in [4.69, 9.17) is 0 Å². The minimum Gasteiger partial charge on any atom is -0.331 e. The Bertz CT molecular complexity index is 868. The quantitative estimate of drug-likeness (QED) is 0.790. The van der Waals surface area contributed by atoms with Crippen molar-refractivity contribution in [2.45, 2.75) is 38.8 Å². The summed E-state index contributed by atoms with van der Waals surface area (Å²) >= 11 is 0. The Morgan fingerprint density at radius 3 is 3.04 bits per heavy atom. The molecule has 1 amide bonds. The molecule has 8 heteroatoms. The molecule has 8 nitrogen and oxygen atoms in total. The molecular formula is C16H19N7O. The third kappa shape index (κ3) is 2.64. The van der Waals surface area contributed by atoms with E-state index in [-0.39, 0.29) is 18.5 Å². The maximum Gasteiger partial charge on any atom is 0.245 e. The van der Waals surface area contributed by atoms with Gasteiger partial charge in [-0.15, -0.1) is 5.10 Å². The van der Waals surface area contributed by atoms with E-state index in [2.05, 4.69) is 25.5 Å². The normalized spacial score (nSPS) is 18.2. The van der Waals surface area contributed by atoms with Gasteiger partial charge < -0.3 is 4.90 Å². The summed E-state index contributed by atoms with van der Waals surface area (Å²) in [6, 6.07) is 7.59. The predicted molar refractivity (Wildman–Crippen MR) is 87.0 cm³/mol. The van der Waals surface area contributed by atoms with Crippen LogP contribution < -0.4 is 0 Å². The van der Waals surface area contributed by atoms with E-state index in [0.717, 1.165) is 42.7 Å². The minimum absolute atomic E-state index is 0.0257. The van der Waals surface area contributed by atoms with Crippen LogP contribution in [0.25, 0.3) is 11.0 Å². The first-order chi connectivity index (χ1) is 11.7. The van der Waals surface area contributed by atoms with Gasteiger partial charge in [-0.1, -0.05) is 17.3 Å². The number of H-pyrrole nitrogens is 1. The highest BCUT2D eigenvalue weighted by atomic mass is 16.2. The van der Waals surface area contributed by atoms with Crippen LogP contribution in [-0.2, 0) is 11.3 Å². The van der Waals surface area contributed by atoms with Crippen LogP contribution in [0.3, 0.4) is 0 Å². The molecule has 1 aliphatic heterocycles. The van der Waals surface area contributed by atoms with Crippen molar-refractivity contribution in [2.75, 3.05) is 6.54 Å². The largest absolute Gasteiger partial charge is 0.331 e. The number of aromatic amines is 1. The summed E-state index contributed by atoms with van der Waals surface area (Å²) in [6.45, 7) is 2.77. The number of carbonyl (C=O) groups is 1.